The van der Waals surface area contributed by atoms with Crippen LogP contribution in [0.15, 0.2) is 49.1 Å². The number of aromatic nitrogens is 2. The first kappa shape index (κ1) is 23.4. The predicted molar refractivity (Wildman–Crippen MR) is 118 cm³/mol. The van der Waals surface area contributed by atoms with Gasteiger partial charge in [0.1, 0.15) is 10.0 Å². The number of methoxy groups -OCH3 is 2. The highest BCUT2D eigenvalue weighted by atomic mass is 35.5. The number of carbonyl (C=O) groups excluding carboxylic acids is 1. The number of nitrogens with zero attached hydrogens (tertiary/aromatic N) is 2. The van der Waals surface area contributed by atoms with Crippen LogP contribution in [0.2, 0.25) is 10.0 Å². The second-order valence-corrected chi connectivity index (χ2v) is 7.55. The number of benzene rings is 1. The SMILES string of the molecule is COc1ccc(C(=O)Cc2c(Cl)c[n+]([O-])cc2Cl)c(OCCc2cc[n+]([O-])cc2)c1OC. The number of hydrogen-bond acceptors (Lipinski definition) is 6. The van der Waals surface area contributed by atoms with Crippen molar-refractivity contribution in [3.8, 4) is 17.2 Å². The Balaban J connectivity index is 1.89. The van der Waals surface area contributed by atoms with E-state index in [2.05, 4.69) is 0 Å². The number of ketones is 1. The van der Waals surface area contributed by atoms with E-state index in [-0.39, 0.29) is 45.9 Å². The van der Waals surface area contributed by atoms with E-state index in [1.54, 1.807) is 24.3 Å². The van der Waals surface area contributed by atoms with Crippen molar-refractivity contribution in [3.63, 3.8) is 0 Å². The first-order chi connectivity index (χ1) is 15.3. The van der Waals surface area contributed by atoms with Crippen LogP contribution in [0.1, 0.15) is 21.5 Å². The first-order valence-corrected chi connectivity index (χ1v) is 10.2. The van der Waals surface area contributed by atoms with E-state index in [9.17, 15) is 15.2 Å². The summed E-state index contributed by atoms with van der Waals surface area (Å²) in [7, 11) is 2.92. The minimum Gasteiger partial charge on any atom is -0.619 e. The summed E-state index contributed by atoms with van der Waals surface area (Å²) < 4.78 is 17.9. The van der Waals surface area contributed by atoms with Crippen molar-refractivity contribution in [2.75, 3.05) is 20.8 Å². The molecule has 0 fully saturated rings. The maximum Gasteiger partial charge on any atom is 0.204 e. The molecule has 3 aromatic rings. The van der Waals surface area contributed by atoms with Crippen molar-refractivity contribution in [2.45, 2.75) is 12.8 Å². The van der Waals surface area contributed by atoms with Gasteiger partial charge in [0.05, 0.1) is 26.4 Å². The van der Waals surface area contributed by atoms with Gasteiger partial charge in [-0.3, -0.25) is 4.79 Å². The van der Waals surface area contributed by atoms with E-state index >= 15 is 0 Å². The largest absolute Gasteiger partial charge is 0.619 e. The maximum atomic E-state index is 13.1. The van der Waals surface area contributed by atoms with Gasteiger partial charge in [-0.2, -0.15) is 9.46 Å². The summed E-state index contributed by atoms with van der Waals surface area (Å²) in [5, 5.41) is 22.8. The van der Waals surface area contributed by atoms with Crippen LogP contribution in [0.25, 0.3) is 0 Å². The normalized spacial score (nSPS) is 10.6. The van der Waals surface area contributed by atoms with Gasteiger partial charge in [-0.1, -0.05) is 23.2 Å². The van der Waals surface area contributed by atoms with E-state index < -0.39 is 0 Å². The predicted octanol–water partition coefficient (Wildman–Crippen LogP) is 3.32. The Bertz CT molecular complexity index is 1100. The fourth-order valence-electron chi connectivity index (χ4n) is 3.10. The standard InChI is InChI=1S/C22H20Cl2N2O6/c1-30-20-4-3-15(19(27)11-16-17(23)12-26(29)13-18(16)24)21(22(20)31-2)32-10-7-14-5-8-25(28)9-6-14/h3-6,8-9,12-13H,7,10-11H2,1-2H3. The van der Waals surface area contributed by atoms with Crippen LogP contribution in [-0.4, -0.2) is 26.6 Å². The molecule has 0 saturated carbocycles. The Kier molecular flexibility index (Phi) is 7.61. The minimum absolute atomic E-state index is 0.0866. The summed E-state index contributed by atoms with van der Waals surface area (Å²) in [5.41, 5.74) is 1.47. The number of hydrogen-bond donors (Lipinski definition) is 0. The summed E-state index contributed by atoms with van der Waals surface area (Å²) in [6.07, 6.45) is 5.41. The highest BCUT2D eigenvalue weighted by molar-refractivity contribution is 6.36. The number of halogens is 2. The highest BCUT2D eigenvalue weighted by Crippen LogP contribution is 2.41. The Morgan fingerprint density at radius 1 is 0.938 bits per heavy atom. The van der Waals surface area contributed by atoms with Crippen LogP contribution >= 0.6 is 23.2 Å². The molecule has 2 heterocycles. The molecule has 0 N–H and O–H groups in total. The van der Waals surface area contributed by atoms with E-state index in [4.69, 9.17) is 37.4 Å². The lowest BCUT2D eigenvalue weighted by atomic mass is 10.0. The van der Waals surface area contributed by atoms with Gasteiger partial charge in [-0.05, 0) is 17.7 Å². The summed E-state index contributed by atoms with van der Waals surface area (Å²) >= 11 is 12.2. The number of carbonyl (C=O) groups is 1. The lowest BCUT2D eigenvalue weighted by molar-refractivity contribution is -0.605. The van der Waals surface area contributed by atoms with Crippen LogP contribution in [0.4, 0.5) is 0 Å². The Labute approximate surface area is 194 Å². The molecule has 0 atom stereocenters. The third-order valence-electron chi connectivity index (χ3n) is 4.70. The zero-order valence-corrected chi connectivity index (χ0v) is 18.9. The summed E-state index contributed by atoms with van der Waals surface area (Å²) in [6.45, 7) is 0.218. The molecule has 168 valence electrons. The smallest absolute Gasteiger partial charge is 0.204 e. The second-order valence-electron chi connectivity index (χ2n) is 6.73. The van der Waals surface area contributed by atoms with Gasteiger partial charge in [0.15, 0.2) is 42.1 Å². The van der Waals surface area contributed by atoms with Crippen molar-refractivity contribution in [2.24, 2.45) is 0 Å². The Morgan fingerprint density at radius 3 is 2.19 bits per heavy atom. The number of pyridine rings is 2. The molecule has 1 aromatic carbocycles. The van der Waals surface area contributed by atoms with Crippen molar-refractivity contribution < 1.29 is 28.5 Å². The minimum atomic E-state index is -0.333. The Morgan fingerprint density at radius 2 is 1.59 bits per heavy atom. The summed E-state index contributed by atoms with van der Waals surface area (Å²) in [4.78, 5) is 13.1. The molecule has 0 saturated heterocycles. The van der Waals surface area contributed by atoms with Crippen molar-refractivity contribution in [1.82, 2.24) is 0 Å². The van der Waals surface area contributed by atoms with Crippen LogP contribution in [-0.2, 0) is 12.8 Å². The van der Waals surface area contributed by atoms with Crippen LogP contribution in [0.3, 0.4) is 0 Å². The second kappa shape index (κ2) is 10.4. The average Bonchev–Trinajstić information content (AvgIpc) is 2.76. The molecule has 8 nitrogen and oxygen atoms in total. The zero-order chi connectivity index (χ0) is 23.3. The zero-order valence-electron chi connectivity index (χ0n) is 17.3. The van der Waals surface area contributed by atoms with Crippen LogP contribution < -0.4 is 23.7 Å². The third-order valence-corrected chi connectivity index (χ3v) is 5.36. The lowest BCUT2D eigenvalue weighted by Gasteiger charge is -2.17. The molecular weight excluding hydrogens is 459 g/mol. The van der Waals surface area contributed by atoms with Crippen LogP contribution in [0.5, 0.6) is 17.2 Å². The van der Waals surface area contributed by atoms with E-state index in [0.29, 0.717) is 27.2 Å². The van der Waals surface area contributed by atoms with Gasteiger partial charge in [-0.15, -0.1) is 0 Å². The molecule has 0 spiro atoms. The lowest BCUT2D eigenvalue weighted by Crippen LogP contribution is -2.25. The number of Topliss-reactive ketones (excluding diaryl/α,β-unsaturated/α-hetero) is 1. The molecular formula is C22H20Cl2N2O6. The number of rotatable bonds is 9. The number of ether oxygens (including phenoxy) is 3. The molecule has 0 aliphatic rings. The fraction of sp³-hybridized carbons (Fsp3) is 0.227. The average molecular weight is 479 g/mol. The molecule has 0 aliphatic carbocycles. The molecule has 0 unspecified atom stereocenters. The van der Waals surface area contributed by atoms with Gasteiger partial charge in [0.2, 0.25) is 5.75 Å². The maximum absolute atomic E-state index is 13.1. The topological polar surface area (TPSA) is 98.6 Å². The molecule has 0 aliphatic heterocycles. The van der Waals surface area contributed by atoms with Gasteiger partial charge < -0.3 is 24.6 Å². The summed E-state index contributed by atoms with van der Waals surface area (Å²) in [6, 6.07) is 6.54. The van der Waals surface area contributed by atoms with E-state index in [1.165, 1.54) is 26.6 Å². The Hall–Kier alpha value is -3.23. The monoisotopic (exact) mass is 478 g/mol. The molecule has 32 heavy (non-hydrogen) atoms. The molecule has 0 radical (unpaired) electrons. The molecule has 0 bridgehead atoms. The van der Waals surface area contributed by atoms with E-state index in [1.807, 2.05) is 0 Å². The summed E-state index contributed by atoms with van der Waals surface area (Å²) in [5.74, 6) is 0.551. The van der Waals surface area contributed by atoms with Gasteiger partial charge in [-0.25, -0.2) is 0 Å². The molecule has 2 aromatic heterocycles. The van der Waals surface area contributed by atoms with E-state index in [0.717, 1.165) is 18.0 Å². The van der Waals surface area contributed by atoms with Gasteiger partial charge in [0.25, 0.3) is 0 Å². The molecule has 0 amide bonds. The first-order valence-electron chi connectivity index (χ1n) is 9.49. The quantitative estimate of drug-likeness (QED) is 0.265. The van der Waals surface area contributed by atoms with Crippen molar-refractivity contribution >= 4 is 29.0 Å². The van der Waals surface area contributed by atoms with Crippen molar-refractivity contribution in [1.29, 1.82) is 0 Å². The third kappa shape index (κ3) is 5.33. The van der Waals surface area contributed by atoms with Crippen LogP contribution in [0, 0.1) is 10.4 Å². The molecule has 10 heteroatoms. The molecule has 3 rings (SSSR count). The van der Waals surface area contributed by atoms with Crippen molar-refractivity contribution in [3.05, 3.63) is 86.2 Å². The van der Waals surface area contributed by atoms with Gasteiger partial charge in [0, 0.05) is 30.5 Å². The highest BCUT2D eigenvalue weighted by Gasteiger charge is 2.24. The van der Waals surface area contributed by atoms with Gasteiger partial charge >= 0.3 is 0 Å². The fourth-order valence-corrected chi connectivity index (χ4v) is 3.68.